The molecule has 0 fully saturated rings. The van der Waals surface area contributed by atoms with E-state index in [0.29, 0.717) is 11.8 Å². The fourth-order valence-corrected chi connectivity index (χ4v) is 2.80. The van der Waals surface area contributed by atoms with Gasteiger partial charge in [-0.1, -0.05) is 13.8 Å². The van der Waals surface area contributed by atoms with E-state index in [-0.39, 0.29) is 0 Å². The molecule has 1 atom stereocenters. The monoisotopic (exact) mass is 277 g/mol. The maximum Gasteiger partial charge on any atom is 0.131 e. The first-order valence-electron chi connectivity index (χ1n) is 7.67. The summed E-state index contributed by atoms with van der Waals surface area (Å²) in [6.07, 6.45) is 3.43. The molecule has 0 saturated carbocycles. The number of nitrogens with zero attached hydrogens (tertiary/aromatic N) is 2. The lowest BCUT2D eigenvalue weighted by Crippen LogP contribution is -2.30. The quantitative estimate of drug-likeness (QED) is 0.810. The van der Waals surface area contributed by atoms with Gasteiger partial charge in [0.15, 0.2) is 0 Å². The van der Waals surface area contributed by atoms with E-state index in [1.807, 2.05) is 0 Å². The third kappa shape index (κ3) is 3.76. The molecule has 0 radical (unpaired) electrons. The molecule has 0 amide bonds. The number of methoxy groups -OCH3 is 1. The Balaban J connectivity index is 1.99. The highest BCUT2D eigenvalue weighted by Gasteiger charge is 2.22. The second-order valence-corrected chi connectivity index (χ2v) is 6.05. The van der Waals surface area contributed by atoms with Gasteiger partial charge in [0, 0.05) is 31.0 Å². The van der Waals surface area contributed by atoms with E-state index >= 15 is 0 Å². The van der Waals surface area contributed by atoms with Crippen LogP contribution in [0.1, 0.15) is 49.0 Å². The number of fused-ring (bicyclic) bond motifs is 1. The topological polar surface area (TPSA) is 47.0 Å². The van der Waals surface area contributed by atoms with Crippen LogP contribution in [0.4, 0.5) is 0 Å². The Hall–Kier alpha value is -1.00. The van der Waals surface area contributed by atoms with Crippen LogP contribution < -0.4 is 5.32 Å². The number of ether oxygens (including phenoxy) is 1. The van der Waals surface area contributed by atoms with E-state index in [0.717, 1.165) is 38.4 Å². The van der Waals surface area contributed by atoms with Crippen molar-refractivity contribution in [3.63, 3.8) is 0 Å². The van der Waals surface area contributed by atoms with Gasteiger partial charge in [-0.25, -0.2) is 9.97 Å². The minimum atomic E-state index is 0.410. The molecule has 4 heteroatoms. The predicted molar refractivity (Wildman–Crippen MR) is 81.1 cm³/mol. The maximum atomic E-state index is 5.06. The molecule has 0 bridgehead atoms. The molecule has 1 aliphatic rings. The zero-order valence-corrected chi connectivity index (χ0v) is 13.2. The van der Waals surface area contributed by atoms with Crippen LogP contribution in [0.3, 0.4) is 0 Å². The van der Waals surface area contributed by atoms with Crippen molar-refractivity contribution in [2.45, 2.75) is 46.0 Å². The van der Waals surface area contributed by atoms with Gasteiger partial charge in [-0.3, -0.25) is 0 Å². The van der Waals surface area contributed by atoms with Gasteiger partial charge in [0.25, 0.3) is 0 Å². The highest BCUT2D eigenvalue weighted by Crippen LogP contribution is 2.27. The van der Waals surface area contributed by atoms with E-state index in [4.69, 9.17) is 9.72 Å². The van der Waals surface area contributed by atoms with Crippen molar-refractivity contribution in [3.8, 4) is 0 Å². The summed E-state index contributed by atoms with van der Waals surface area (Å²) in [5, 5.41) is 3.47. The number of aryl methyl sites for hydroxylation is 2. The van der Waals surface area contributed by atoms with Crippen molar-refractivity contribution in [3.05, 3.63) is 22.8 Å². The van der Waals surface area contributed by atoms with Gasteiger partial charge >= 0.3 is 0 Å². The summed E-state index contributed by atoms with van der Waals surface area (Å²) >= 11 is 0. The standard InChI is InChI=1S/C16H27N3O/c1-11(2)16-18-12(3)14-9-13(5-6-15(14)19-16)10-17-7-8-20-4/h11,13,17H,5-10H2,1-4H3. The molecule has 20 heavy (non-hydrogen) atoms. The fraction of sp³-hybridized carbons (Fsp3) is 0.750. The van der Waals surface area contributed by atoms with E-state index in [2.05, 4.69) is 31.1 Å². The van der Waals surface area contributed by atoms with Crippen molar-refractivity contribution in [2.24, 2.45) is 5.92 Å². The number of hydrogen-bond donors (Lipinski definition) is 1. The van der Waals surface area contributed by atoms with Gasteiger partial charge in [0.2, 0.25) is 0 Å². The van der Waals surface area contributed by atoms with Crippen molar-refractivity contribution in [1.29, 1.82) is 0 Å². The smallest absolute Gasteiger partial charge is 0.131 e. The van der Waals surface area contributed by atoms with Crippen LogP contribution >= 0.6 is 0 Å². The molecule has 112 valence electrons. The van der Waals surface area contributed by atoms with Crippen molar-refractivity contribution in [2.75, 3.05) is 26.8 Å². The Labute approximate surface area is 122 Å². The van der Waals surface area contributed by atoms with Gasteiger partial charge in [0.05, 0.1) is 6.61 Å². The molecule has 0 aliphatic heterocycles. The van der Waals surface area contributed by atoms with Crippen molar-refractivity contribution >= 4 is 0 Å². The Morgan fingerprint density at radius 3 is 2.85 bits per heavy atom. The molecular weight excluding hydrogens is 250 g/mol. The number of rotatable bonds is 6. The van der Waals surface area contributed by atoms with Gasteiger partial charge in [-0.2, -0.15) is 0 Å². The zero-order valence-electron chi connectivity index (χ0n) is 13.2. The van der Waals surface area contributed by atoms with E-state index in [1.54, 1.807) is 7.11 Å². The average Bonchev–Trinajstić information content (AvgIpc) is 2.43. The van der Waals surface area contributed by atoms with E-state index in [9.17, 15) is 0 Å². The Morgan fingerprint density at radius 2 is 2.15 bits per heavy atom. The predicted octanol–water partition coefficient (Wildman–Crippen LogP) is 2.25. The summed E-state index contributed by atoms with van der Waals surface area (Å²) in [5.74, 6) is 2.11. The minimum Gasteiger partial charge on any atom is -0.383 e. The third-order valence-electron chi connectivity index (χ3n) is 4.03. The molecule has 0 saturated heterocycles. The fourth-order valence-electron chi connectivity index (χ4n) is 2.80. The van der Waals surface area contributed by atoms with Crippen LogP contribution in [0.2, 0.25) is 0 Å². The third-order valence-corrected chi connectivity index (χ3v) is 4.03. The second-order valence-electron chi connectivity index (χ2n) is 6.05. The SMILES string of the molecule is COCCNCC1CCc2nc(C(C)C)nc(C)c2C1. The number of hydrogen-bond acceptors (Lipinski definition) is 4. The number of nitrogens with one attached hydrogen (secondary N) is 1. The summed E-state index contributed by atoms with van der Waals surface area (Å²) in [6.45, 7) is 9.23. The first kappa shape index (κ1) is 15.4. The highest BCUT2D eigenvalue weighted by molar-refractivity contribution is 5.28. The molecule has 0 aromatic carbocycles. The van der Waals surface area contributed by atoms with E-state index < -0.39 is 0 Å². The van der Waals surface area contributed by atoms with Crippen molar-refractivity contribution < 1.29 is 4.74 Å². The first-order valence-corrected chi connectivity index (χ1v) is 7.67. The Bertz CT molecular complexity index is 446. The minimum absolute atomic E-state index is 0.410. The largest absolute Gasteiger partial charge is 0.383 e. The lowest BCUT2D eigenvalue weighted by molar-refractivity contribution is 0.197. The molecule has 0 spiro atoms. The lowest BCUT2D eigenvalue weighted by atomic mass is 9.85. The molecule has 1 N–H and O–H groups in total. The molecule has 1 heterocycles. The summed E-state index contributed by atoms with van der Waals surface area (Å²) < 4.78 is 5.06. The molecule has 1 aromatic heterocycles. The lowest BCUT2D eigenvalue weighted by Gasteiger charge is -2.26. The Morgan fingerprint density at radius 1 is 1.35 bits per heavy atom. The first-order chi connectivity index (χ1) is 9.61. The normalized spacial score (nSPS) is 18.4. The average molecular weight is 277 g/mol. The van der Waals surface area contributed by atoms with Crippen LogP contribution in [0, 0.1) is 12.8 Å². The van der Waals surface area contributed by atoms with Gasteiger partial charge in [-0.15, -0.1) is 0 Å². The van der Waals surface area contributed by atoms with Gasteiger partial charge < -0.3 is 10.1 Å². The van der Waals surface area contributed by atoms with Crippen molar-refractivity contribution in [1.82, 2.24) is 15.3 Å². The summed E-state index contributed by atoms with van der Waals surface area (Å²) in [5.41, 5.74) is 3.86. The van der Waals surface area contributed by atoms with Crippen LogP contribution in [0.25, 0.3) is 0 Å². The Kier molecular flexibility index (Phi) is 5.49. The number of aromatic nitrogens is 2. The second kappa shape index (κ2) is 7.14. The highest BCUT2D eigenvalue weighted by atomic mass is 16.5. The zero-order chi connectivity index (χ0) is 14.5. The molecule has 1 aromatic rings. The summed E-state index contributed by atoms with van der Waals surface area (Å²) in [4.78, 5) is 9.44. The van der Waals surface area contributed by atoms with Crippen LogP contribution in [-0.2, 0) is 17.6 Å². The van der Waals surface area contributed by atoms with Crippen LogP contribution in [0.5, 0.6) is 0 Å². The van der Waals surface area contributed by atoms with Crippen LogP contribution in [0.15, 0.2) is 0 Å². The molecule has 1 unspecified atom stereocenters. The van der Waals surface area contributed by atoms with Gasteiger partial charge in [0.1, 0.15) is 5.82 Å². The van der Waals surface area contributed by atoms with Gasteiger partial charge in [-0.05, 0) is 44.2 Å². The molecule has 1 aliphatic carbocycles. The van der Waals surface area contributed by atoms with Crippen LogP contribution in [-0.4, -0.2) is 36.8 Å². The van der Waals surface area contributed by atoms with E-state index in [1.165, 1.54) is 23.4 Å². The summed E-state index contributed by atoms with van der Waals surface area (Å²) in [6, 6.07) is 0. The molecule has 2 rings (SSSR count). The maximum absolute atomic E-state index is 5.06. The molecule has 4 nitrogen and oxygen atoms in total. The summed E-state index contributed by atoms with van der Waals surface area (Å²) in [7, 11) is 1.74. The molecular formula is C16H27N3O.